The molecule has 0 aliphatic heterocycles. The number of rotatable bonds is 8. The minimum atomic E-state index is -4.59. The van der Waals surface area contributed by atoms with Crippen molar-refractivity contribution >= 4 is 21.7 Å². The summed E-state index contributed by atoms with van der Waals surface area (Å²) < 4.78 is 66.1. The van der Waals surface area contributed by atoms with Crippen molar-refractivity contribution in [2.24, 2.45) is 5.92 Å². The molecule has 1 aromatic carbocycles. The van der Waals surface area contributed by atoms with Gasteiger partial charge in [0.1, 0.15) is 5.82 Å². The van der Waals surface area contributed by atoms with E-state index in [-0.39, 0.29) is 23.3 Å². The van der Waals surface area contributed by atoms with Crippen LogP contribution >= 0.6 is 0 Å². The highest BCUT2D eigenvalue weighted by Gasteiger charge is 2.36. The van der Waals surface area contributed by atoms with Crippen molar-refractivity contribution in [2.45, 2.75) is 63.5 Å². The van der Waals surface area contributed by atoms with Crippen molar-refractivity contribution < 1.29 is 31.2 Å². The average molecular weight is 529 g/mol. The normalized spacial score (nSPS) is 20.8. The van der Waals surface area contributed by atoms with E-state index in [4.69, 9.17) is 0 Å². The number of halogens is 3. The van der Waals surface area contributed by atoms with Crippen LogP contribution in [0.2, 0.25) is 0 Å². The summed E-state index contributed by atoms with van der Waals surface area (Å²) >= 11 is 0. The molecule has 0 bridgehead atoms. The fourth-order valence-corrected chi connectivity index (χ4v) is 5.84. The van der Waals surface area contributed by atoms with Gasteiger partial charge in [-0.05, 0) is 64.2 Å². The second-order valence-electron chi connectivity index (χ2n) is 9.42. The molecule has 2 amide bonds. The lowest BCUT2D eigenvalue weighted by atomic mass is 9.82. The van der Waals surface area contributed by atoms with Crippen LogP contribution in [0.25, 0.3) is 0 Å². The number of hydrogen-bond acceptors (Lipinski definition) is 5. The topological polar surface area (TPSA) is 110 Å². The number of alkyl halides is 3. The van der Waals surface area contributed by atoms with Crippen molar-refractivity contribution in [2.75, 3.05) is 12.3 Å². The van der Waals surface area contributed by atoms with Crippen molar-refractivity contribution in [1.82, 2.24) is 20.2 Å². The number of carbonyl (C=O) groups is 2. The number of hydrogen-bond donors (Lipinski definition) is 2. The van der Waals surface area contributed by atoms with Gasteiger partial charge in [0, 0.05) is 30.0 Å². The Balaban J connectivity index is 1.65. The number of nitrogens with zero attached hydrogens (tertiary/aromatic N) is 2. The third-order valence-electron chi connectivity index (χ3n) is 6.58. The van der Waals surface area contributed by atoms with Crippen LogP contribution < -0.4 is 10.6 Å². The number of benzene rings is 1. The standard InChI is InChI=1S/C24H31F3N4O4S/c1-15(2)36(34,35)14-18-12-20(31-10-9-28-16(31)3)7-8-21(18)30-22(32)13-29-23(33)17-5-4-6-19(11-17)24(25,26)27/h4-6,9-11,15,18,20-21H,7-8,12-14H2,1-3H3,(H,29,33)(H,30,32)/t18-,20+,21-/m0/s1. The van der Waals surface area contributed by atoms with E-state index in [9.17, 15) is 31.2 Å². The Morgan fingerprint density at radius 1 is 1.22 bits per heavy atom. The first-order valence-corrected chi connectivity index (χ1v) is 13.4. The second-order valence-corrected chi connectivity index (χ2v) is 12.0. The van der Waals surface area contributed by atoms with Gasteiger partial charge in [-0.25, -0.2) is 13.4 Å². The summed E-state index contributed by atoms with van der Waals surface area (Å²) in [6, 6.07) is 3.56. The Hall–Kier alpha value is -2.89. The van der Waals surface area contributed by atoms with Gasteiger partial charge in [0.2, 0.25) is 5.91 Å². The summed E-state index contributed by atoms with van der Waals surface area (Å²) in [6.45, 7) is 4.67. The van der Waals surface area contributed by atoms with Crippen LogP contribution in [0.3, 0.4) is 0 Å². The van der Waals surface area contributed by atoms with Crippen LogP contribution in [0.4, 0.5) is 13.2 Å². The molecule has 198 valence electrons. The Morgan fingerprint density at radius 2 is 1.94 bits per heavy atom. The van der Waals surface area contributed by atoms with Crippen molar-refractivity contribution in [3.8, 4) is 0 Å². The van der Waals surface area contributed by atoms with Gasteiger partial charge < -0.3 is 15.2 Å². The van der Waals surface area contributed by atoms with Gasteiger partial charge in [-0.2, -0.15) is 13.2 Å². The number of nitrogens with one attached hydrogen (secondary N) is 2. The van der Waals surface area contributed by atoms with Gasteiger partial charge in [0.15, 0.2) is 9.84 Å². The number of imidazole rings is 1. The Morgan fingerprint density at radius 3 is 2.56 bits per heavy atom. The van der Waals surface area contributed by atoms with Gasteiger partial charge in [0.05, 0.1) is 23.1 Å². The first-order valence-electron chi connectivity index (χ1n) is 11.7. The molecule has 0 saturated heterocycles. The largest absolute Gasteiger partial charge is 0.416 e. The first-order chi connectivity index (χ1) is 16.8. The van der Waals surface area contributed by atoms with Crippen molar-refractivity contribution in [1.29, 1.82) is 0 Å². The van der Waals surface area contributed by atoms with E-state index >= 15 is 0 Å². The zero-order valence-corrected chi connectivity index (χ0v) is 21.2. The molecule has 2 N–H and O–H groups in total. The molecule has 2 aromatic rings. The Kier molecular flexibility index (Phi) is 8.48. The molecule has 1 fully saturated rings. The predicted octanol–water partition coefficient (Wildman–Crippen LogP) is 3.29. The van der Waals surface area contributed by atoms with Gasteiger partial charge in [-0.1, -0.05) is 6.07 Å². The van der Waals surface area contributed by atoms with Crippen LogP contribution in [0.15, 0.2) is 36.7 Å². The summed E-state index contributed by atoms with van der Waals surface area (Å²) in [4.78, 5) is 29.2. The molecule has 1 aliphatic rings. The minimum absolute atomic E-state index is 0.0497. The fourth-order valence-electron chi connectivity index (χ4n) is 4.49. The van der Waals surface area contributed by atoms with Crippen LogP contribution in [0.5, 0.6) is 0 Å². The fraction of sp³-hybridized carbons (Fsp3) is 0.542. The van der Waals surface area contributed by atoms with Gasteiger partial charge in [-0.3, -0.25) is 9.59 Å². The molecule has 0 spiro atoms. The Bertz CT molecular complexity index is 1190. The van der Waals surface area contributed by atoms with Crippen LogP contribution in [-0.2, 0) is 20.8 Å². The maximum Gasteiger partial charge on any atom is 0.416 e. The lowest BCUT2D eigenvalue weighted by Gasteiger charge is -2.37. The zero-order chi connectivity index (χ0) is 26.7. The van der Waals surface area contributed by atoms with E-state index in [0.717, 1.165) is 24.0 Å². The summed E-state index contributed by atoms with van der Waals surface area (Å²) in [6.07, 6.45) is 0.731. The highest BCUT2D eigenvalue weighted by atomic mass is 32.2. The predicted molar refractivity (Wildman–Crippen MR) is 128 cm³/mol. The highest BCUT2D eigenvalue weighted by Crippen LogP contribution is 2.35. The molecule has 0 unspecified atom stereocenters. The smallest absolute Gasteiger partial charge is 0.352 e. The number of carbonyl (C=O) groups excluding carboxylic acids is 2. The summed E-state index contributed by atoms with van der Waals surface area (Å²) in [5.74, 6) is -0.957. The van der Waals surface area contributed by atoms with Crippen molar-refractivity contribution in [3.05, 3.63) is 53.6 Å². The monoisotopic (exact) mass is 528 g/mol. The van der Waals surface area contributed by atoms with Gasteiger partial charge in [0.25, 0.3) is 5.91 Å². The molecule has 3 atom stereocenters. The van der Waals surface area contributed by atoms with Crippen LogP contribution in [0.1, 0.15) is 60.9 Å². The summed E-state index contributed by atoms with van der Waals surface area (Å²) in [5, 5.41) is 4.61. The minimum Gasteiger partial charge on any atom is -0.352 e. The molecule has 3 rings (SSSR count). The quantitative estimate of drug-likeness (QED) is 0.547. The SMILES string of the molecule is Cc1nccn1[C@@H]1CC[C@H](NC(=O)CNC(=O)c2cccc(C(F)(F)F)c2)[C@H](CS(=O)(=O)C(C)C)C1. The van der Waals surface area contributed by atoms with Crippen LogP contribution in [0, 0.1) is 12.8 Å². The third-order valence-corrected chi connectivity index (χ3v) is 8.91. The average Bonchev–Trinajstić information content (AvgIpc) is 3.23. The molecule has 1 saturated carbocycles. The molecular weight excluding hydrogens is 497 g/mol. The molecule has 0 radical (unpaired) electrons. The molecule has 36 heavy (non-hydrogen) atoms. The number of sulfone groups is 1. The van der Waals surface area contributed by atoms with E-state index in [2.05, 4.69) is 15.6 Å². The Labute approximate surface area is 208 Å². The summed E-state index contributed by atoms with van der Waals surface area (Å²) in [5.41, 5.74) is -1.17. The maximum absolute atomic E-state index is 12.9. The van der Waals surface area contributed by atoms with E-state index in [1.807, 2.05) is 17.7 Å². The number of aromatic nitrogens is 2. The molecule has 12 heteroatoms. The second kappa shape index (κ2) is 11.0. The lowest BCUT2D eigenvalue weighted by Crippen LogP contribution is -2.49. The van der Waals surface area contributed by atoms with Crippen LogP contribution in [-0.4, -0.2) is 53.4 Å². The molecule has 1 aliphatic carbocycles. The van der Waals surface area contributed by atoms with E-state index < -0.39 is 51.2 Å². The number of amides is 2. The van der Waals surface area contributed by atoms with E-state index in [1.165, 1.54) is 6.07 Å². The molecule has 1 aromatic heterocycles. The number of aryl methyl sites for hydroxylation is 1. The molecular formula is C24H31F3N4O4S. The molecule has 1 heterocycles. The maximum atomic E-state index is 12.9. The zero-order valence-electron chi connectivity index (χ0n) is 20.4. The van der Waals surface area contributed by atoms with Gasteiger partial charge >= 0.3 is 6.18 Å². The van der Waals surface area contributed by atoms with E-state index in [0.29, 0.717) is 19.3 Å². The van der Waals surface area contributed by atoms with Crippen molar-refractivity contribution in [3.63, 3.8) is 0 Å². The molecule has 8 nitrogen and oxygen atoms in total. The van der Waals surface area contributed by atoms with Gasteiger partial charge in [-0.15, -0.1) is 0 Å². The third kappa shape index (κ3) is 6.86. The lowest BCUT2D eigenvalue weighted by molar-refractivity contribution is -0.137. The summed E-state index contributed by atoms with van der Waals surface area (Å²) in [7, 11) is -3.38. The highest BCUT2D eigenvalue weighted by molar-refractivity contribution is 7.91. The van der Waals surface area contributed by atoms with E-state index in [1.54, 1.807) is 20.0 Å². The first kappa shape index (κ1) is 27.7.